The van der Waals surface area contributed by atoms with E-state index in [9.17, 15) is 4.79 Å². The Balaban J connectivity index is 2.36. The maximum Gasteiger partial charge on any atom is 0.228 e. The first-order valence-electron chi connectivity index (χ1n) is 3.58. The smallest absolute Gasteiger partial charge is 0.228 e. The van der Waals surface area contributed by atoms with Crippen molar-refractivity contribution in [3.05, 3.63) is 24.2 Å². The summed E-state index contributed by atoms with van der Waals surface area (Å²) in [5.74, 6) is -0.237. The van der Waals surface area contributed by atoms with Gasteiger partial charge in [-0.3, -0.25) is 4.79 Å². The quantitative estimate of drug-likeness (QED) is 0.679. The first kappa shape index (κ1) is 6.46. The Kier molecular flexibility index (Phi) is 1.10. The average Bonchev–Trinajstić information content (AvgIpc) is 2.61. The number of hydrogen-bond donors (Lipinski definition) is 1. The van der Waals surface area contributed by atoms with E-state index in [0.29, 0.717) is 0 Å². The van der Waals surface area contributed by atoms with E-state index in [1.54, 1.807) is 18.6 Å². The number of primary amides is 1. The average molecular weight is 151 g/mol. The fraction of sp³-hybridized carbons (Fsp3) is 0.375. The minimum atomic E-state index is -0.382. The first-order chi connectivity index (χ1) is 5.26. The van der Waals surface area contributed by atoms with Gasteiger partial charge in [0, 0.05) is 5.56 Å². The van der Waals surface area contributed by atoms with Crippen LogP contribution in [0.25, 0.3) is 0 Å². The molecule has 1 saturated carbocycles. The van der Waals surface area contributed by atoms with Crippen molar-refractivity contribution in [3.8, 4) is 0 Å². The van der Waals surface area contributed by atoms with Gasteiger partial charge in [0.25, 0.3) is 0 Å². The Morgan fingerprint density at radius 3 is 2.73 bits per heavy atom. The van der Waals surface area contributed by atoms with Gasteiger partial charge in [0.05, 0.1) is 17.9 Å². The number of furan rings is 1. The van der Waals surface area contributed by atoms with E-state index in [0.717, 1.165) is 18.4 Å². The third-order valence-electron chi connectivity index (χ3n) is 2.30. The normalized spacial score (nSPS) is 19.6. The summed E-state index contributed by atoms with van der Waals surface area (Å²) >= 11 is 0. The molecule has 3 nitrogen and oxygen atoms in total. The summed E-state index contributed by atoms with van der Waals surface area (Å²) in [5, 5.41) is 0. The second-order valence-corrected chi connectivity index (χ2v) is 2.96. The van der Waals surface area contributed by atoms with Gasteiger partial charge in [-0.15, -0.1) is 0 Å². The Hall–Kier alpha value is -1.25. The van der Waals surface area contributed by atoms with Gasteiger partial charge in [-0.2, -0.15) is 0 Å². The molecule has 2 rings (SSSR count). The van der Waals surface area contributed by atoms with E-state index in [1.807, 2.05) is 0 Å². The number of carbonyl (C=O) groups excluding carboxylic acids is 1. The number of hydrogen-bond acceptors (Lipinski definition) is 2. The van der Waals surface area contributed by atoms with E-state index < -0.39 is 0 Å². The van der Waals surface area contributed by atoms with Crippen LogP contribution in [0.1, 0.15) is 18.4 Å². The predicted molar refractivity (Wildman–Crippen MR) is 38.8 cm³/mol. The van der Waals surface area contributed by atoms with Gasteiger partial charge < -0.3 is 10.2 Å². The second-order valence-electron chi connectivity index (χ2n) is 2.96. The molecule has 0 unspecified atom stereocenters. The molecule has 1 amide bonds. The highest BCUT2D eigenvalue weighted by Gasteiger charge is 2.50. The van der Waals surface area contributed by atoms with Gasteiger partial charge in [0.1, 0.15) is 0 Å². The van der Waals surface area contributed by atoms with Crippen LogP contribution in [0.15, 0.2) is 23.0 Å². The van der Waals surface area contributed by atoms with E-state index in [-0.39, 0.29) is 11.3 Å². The minimum Gasteiger partial charge on any atom is -0.472 e. The van der Waals surface area contributed by atoms with Crippen LogP contribution in [-0.2, 0) is 10.2 Å². The molecule has 1 fully saturated rings. The van der Waals surface area contributed by atoms with Crippen LogP contribution in [0.4, 0.5) is 0 Å². The lowest BCUT2D eigenvalue weighted by Gasteiger charge is -2.05. The monoisotopic (exact) mass is 151 g/mol. The molecule has 0 saturated heterocycles. The predicted octanol–water partition coefficient (Wildman–Crippen LogP) is 0.796. The van der Waals surface area contributed by atoms with Crippen molar-refractivity contribution in [2.24, 2.45) is 5.73 Å². The zero-order valence-electron chi connectivity index (χ0n) is 6.04. The Morgan fingerprint density at radius 1 is 1.64 bits per heavy atom. The van der Waals surface area contributed by atoms with Crippen molar-refractivity contribution in [3.63, 3.8) is 0 Å². The highest BCUT2D eigenvalue weighted by atomic mass is 16.3. The Bertz CT molecular complexity index is 272. The van der Waals surface area contributed by atoms with Gasteiger partial charge in [-0.05, 0) is 18.9 Å². The summed E-state index contributed by atoms with van der Waals surface area (Å²) in [5.41, 5.74) is 5.78. The maximum absolute atomic E-state index is 11.0. The molecule has 1 aromatic rings. The van der Waals surface area contributed by atoms with Crippen molar-refractivity contribution in [2.45, 2.75) is 18.3 Å². The topological polar surface area (TPSA) is 56.2 Å². The maximum atomic E-state index is 11.0. The molecule has 1 aliphatic rings. The molecule has 0 spiro atoms. The molecule has 0 radical (unpaired) electrons. The van der Waals surface area contributed by atoms with Crippen LogP contribution in [0, 0.1) is 0 Å². The fourth-order valence-corrected chi connectivity index (χ4v) is 1.34. The van der Waals surface area contributed by atoms with Crippen molar-refractivity contribution < 1.29 is 9.21 Å². The Labute approximate surface area is 64.2 Å². The third kappa shape index (κ3) is 0.770. The van der Waals surface area contributed by atoms with Gasteiger partial charge >= 0.3 is 0 Å². The van der Waals surface area contributed by atoms with Gasteiger partial charge in [0.2, 0.25) is 5.91 Å². The van der Waals surface area contributed by atoms with Crippen LogP contribution in [0.5, 0.6) is 0 Å². The third-order valence-corrected chi connectivity index (χ3v) is 2.30. The molecule has 3 heteroatoms. The zero-order valence-corrected chi connectivity index (χ0v) is 6.04. The number of rotatable bonds is 2. The zero-order chi connectivity index (χ0) is 7.90. The van der Waals surface area contributed by atoms with E-state index >= 15 is 0 Å². The standard InChI is InChI=1S/C8H9NO2/c9-7(10)8(2-3-8)6-1-4-11-5-6/h1,4-5H,2-3H2,(H2,9,10). The molecule has 2 N–H and O–H groups in total. The summed E-state index contributed by atoms with van der Waals surface area (Å²) in [6.07, 6.45) is 4.89. The van der Waals surface area contributed by atoms with Gasteiger partial charge in [0.15, 0.2) is 0 Å². The summed E-state index contributed by atoms with van der Waals surface area (Å²) in [6.45, 7) is 0. The van der Waals surface area contributed by atoms with E-state index in [4.69, 9.17) is 10.2 Å². The highest BCUT2D eigenvalue weighted by Crippen LogP contribution is 2.47. The molecule has 11 heavy (non-hydrogen) atoms. The second kappa shape index (κ2) is 1.87. The molecule has 0 aromatic carbocycles. The van der Waals surface area contributed by atoms with Crippen molar-refractivity contribution in [2.75, 3.05) is 0 Å². The molecule has 58 valence electrons. The number of amides is 1. The minimum absolute atomic E-state index is 0.237. The molecule has 1 heterocycles. The molecule has 1 aliphatic carbocycles. The lowest BCUT2D eigenvalue weighted by molar-refractivity contribution is -0.120. The summed E-state index contributed by atoms with van der Waals surface area (Å²) in [7, 11) is 0. The molecule has 0 atom stereocenters. The first-order valence-corrected chi connectivity index (χ1v) is 3.58. The molecule has 0 bridgehead atoms. The van der Waals surface area contributed by atoms with Crippen LogP contribution in [-0.4, -0.2) is 5.91 Å². The summed E-state index contributed by atoms with van der Waals surface area (Å²) in [6, 6.07) is 1.80. The molecule has 0 aliphatic heterocycles. The lowest BCUT2D eigenvalue weighted by Crippen LogP contribution is -2.27. The van der Waals surface area contributed by atoms with Gasteiger partial charge in [-0.1, -0.05) is 0 Å². The molecular weight excluding hydrogens is 142 g/mol. The number of nitrogens with two attached hydrogens (primary N) is 1. The van der Waals surface area contributed by atoms with Crippen LogP contribution in [0.3, 0.4) is 0 Å². The van der Waals surface area contributed by atoms with Crippen LogP contribution < -0.4 is 5.73 Å². The molecule has 1 aromatic heterocycles. The summed E-state index contributed by atoms with van der Waals surface area (Å²) in [4.78, 5) is 11.0. The van der Waals surface area contributed by atoms with Crippen molar-refractivity contribution >= 4 is 5.91 Å². The van der Waals surface area contributed by atoms with Crippen molar-refractivity contribution in [1.29, 1.82) is 0 Å². The summed E-state index contributed by atoms with van der Waals surface area (Å²) < 4.78 is 4.88. The van der Waals surface area contributed by atoms with Crippen molar-refractivity contribution in [1.82, 2.24) is 0 Å². The van der Waals surface area contributed by atoms with E-state index in [2.05, 4.69) is 0 Å². The Morgan fingerprint density at radius 2 is 2.36 bits per heavy atom. The van der Waals surface area contributed by atoms with Crippen LogP contribution in [0.2, 0.25) is 0 Å². The SMILES string of the molecule is NC(=O)C1(c2ccoc2)CC1. The number of carbonyl (C=O) groups is 1. The molecular formula is C8H9NO2. The van der Waals surface area contributed by atoms with Gasteiger partial charge in [-0.25, -0.2) is 0 Å². The van der Waals surface area contributed by atoms with E-state index in [1.165, 1.54) is 0 Å². The lowest BCUT2D eigenvalue weighted by atomic mass is 9.99. The van der Waals surface area contributed by atoms with Crippen LogP contribution >= 0.6 is 0 Å². The highest BCUT2D eigenvalue weighted by molar-refractivity contribution is 5.89. The largest absolute Gasteiger partial charge is 0.472 e. The fourth-order valence-electron chi connectivity index (χ4n) is 1.34.